The summed E-state index contributed by atoms with van der Waals surface area (Å²) < 4.78 is 22.9. The minimum atomic E-state index is -1.39. The molecule has 36 heavy (non-hydrogen) atoms. The molecule has 5 rings (SSSR count). The molecule has 1 aliphatic heterocycles. The Labute approximate surface area is 205 Å². The van der Waals surface area contributed by atoms with Gasteiger partial charge < -0.3 is 39.1 Å². The highest BCUT2D eigenvalue weighted by atomic mass is 16.6. The third-order valence-electron chi connectivity index (χ3n) is 6.78. The van der Waals surface area contributed by atoms with Crippen LogP contribution in [0.5, 0.6) is 17.2 Å². The van der Waals surface area contributed by atoms with Crippen LogP contribution in [0.25, 0.3) is 38.6 Å². The van der Waals surface area contributed by atoms with Crippen molar-refractivity contribution < 1.29 is 39.1 Å². The summed E-state index contributed by atoms with van der Waals surface area (Å²) in [7, 11) is 2.92. The predicted octanol–water partition coefficient (Wildman–Crippen LogP) is 3.01. The summed E-state index contributed by atoms with van der Waals surface area (Å²) in [5, 5.41) is 43.8. The van der Waals surface area contributed by atoms with Crippen LogP contribution in [-0.4, -0.2) is 59.1 Å². The van der Waals surface area contributed by atoms with Gasteiger partial charge in [-0.3, -0.25) is 0 Å². The molecule has 1 aromatic heterocycles. The van der Waals surface area contributed by atoms with E-state index >= 15 is 0 Å². The number of phenolic OH excluding ortho intramolecular Hbond substituents is 1. The Hall–Kier alpha value is -3.63. The van der Waals surface area contributed by atoms with Gasteiger partial charge in [-0.15, -0.1) is 0 Å². The molecule has 0 unspecified atom stereocenters. The van der Waals surface area contributed by atoms with Crippen molar-refractivity contribution in [1.29, 1.82) is 0 Å². The molecule has 1 aliphatic rings. The molecule has 3 aromatic carbocycles. The Morgan fingerprint density at radius 3 is 2.31 bits per heavy atom. The van der Waals surface area contributed by atoms with E-state index < -0.39 is 36.1 Å². The maximum Gasteiger partial charge on any atom is 0.344 e. The van der Waals surface area contributed by atoms with Gasteiger partial charge >= 0.3 is 5.63 Å². The van der Waals surface area contributed by atoms with Crippen LogP contribution in [0.4, 0.5) is 0 Å². The highest BCUT2D eigenvalue weighted by Gasteiger charge is 2.46. The van der Waals surface area contributed by atoms with Gasteiger partial charge in [0.25, 0.3) is 0 Å². The maximum absolute atomic E-state index is 13.2. The van der Waals surface area contributed by atoms with Crippen LogP contribution >= 0.6 is 0 Å². The summed E-state index contributed by atoms with van der Waals surface area (Å²) in [6.07, 6.45) is -4.36. The van der Waals surface area contributed by atoms with Gasteiger partial charge in [0.2, 0.25) is 0 Å². The van der Waals surface area contributed by atoms with Crippen LogP contribution in [0.2, 0.25) is 0 Å². The number of hydrogen-bond donors (Lipinski definition) is 4. The molecule has 0 aliphatic carbocycles. The van der Waals surface area contributed by atoms with E-state index in [0.29, 0.717) is 27.6 Å². The molecule has 2 heterocycles. The SMILES string of the molecule is C=Cc1cc(OC)c2c(c1)c(=O)oc1c2cc(OC)c2c(O)ccc([C@H]3O[C@H]([C@H](C)O)[C@H](O)[C@H]3O)c21. The lowest BCUT2D eigenvalue weighted by atomic mass is 9.92. The monoisotopic (exact) mass is 494 g/mol. The number of rotatable bonds is 5. The third-order valence-corrected chi connectivity index (χ3v) is 6.78. The van der Waals surface area contributed by atoms with Crippen molar-refractivity contribution in [3.63, 3.8) is 0 Å². The average Bonchev–Trinajstić information content (AvgIpc) is 3.17. The molecule has 9 nitrogen and oxygen atoms in total. The van der Waals surface area contributed by atoms with Gasteiger partial charge in [0, 0.05) is 16.2 Å². The first-order valence-corrected chi connectivity index (χ1v) is 11.3. The van der Waals surface area contributed by atoms with Crippen LogP contribution in [0.3, 0.4) is 0 Å². The fourth-order valence-corrected chi connectivity index (χ4v) is 5.06. The molecule has 9 heteroatoms. The molecular formula is C27H26O9. The molecule has 0 bridgehead atoms. The molecule has 1 fully saturated rings. The highest BCUT2D eigenvalue weighted by molar-refractivity contribution is 6.19. The van der Waals surface area contributed by atoms with Gasteiger partial charge in [-0.1, -0.05) is 18.7 Å². The zero-order valence-corrected chi connectivity index (χ0v) is 19.9. The van der Waals surface area contributed by atoms with Crippen LogP contribution in [0, 0.1) is 0 Å². The summed E-state index contributed by atoms with van der Waals surface area (Å²) in [4.78, 5) is 13.2. The first kappa shape index (κ1) is 24.1. The zero-order chi connectivity index (χ0) is 25.9. The van der Waals surface area contributed by atoms with Crippen molar-refractivity contribution in [3.05, 3.63) is 58.5 Å². The molecule has 1 saturated heterocycles. The highest BCUT2D eigenvalue weighted by Crippen LogP contribution is 2.47. The lowest BCUT2D eigenvalue weighted by Gasteiger charge is -2.20. The fourth-order valence-electron chi connectivity index (χ4n) is 5.06. The molecule has 5 atom stereocenters. The van der Waals surface area contributed by atoms with Crippen LogP contribution in [-0.2, 0) is 4.74 Å². The quantitative estimate of drug-likeness (QED) is 0.244. The van der Waals surface area contributed by atoms with Crippen molar-refractivity contribution in [2.24, 2.45) is 0 Å². The second kappa shape index (κ2) is 8.79. The molecule has 4 N–H and O–H groups in total. The topological polar surface area (TPSA) is 139 Å². The lowest BCUT2D eigenvalue weighted by Crippen LogP contribution is -2.36. The van der Waals surface area contributed by atoms with E-state index in [-0.39, 0.29) is 33.2 Å². The number of fused-ring (bicyclic) bond motifs is 5. The number of aliphatic hydroxyl groups is 3. The van der Waals surface area contributed by atoms with E-state index in [1.165, 1.54) is 33.3 Å². The number of hydrogen-bond acceptors (Lipinski definition) is 9. The van der Waals surface area contributed by atoms with E-state index in [4.69, 9.17) is 18.6 Å². The van der Waals surface area contributed by atoms with Crippen LogP contribution < -0.4 is 15.1 Å². The number of methoxy groups -OCH3 is 2. The third kappa shape index (κ3) is 3.43. The normalized spacial score (nSPS) is 22.8. The summed E-state index contributed by atoms with van der Waals surface area (Å²) in [6, 6.07) is 7.94. The molecule has 0 amide bonds. The summed E-state index contributed by atoms with van der Waals surface area (Å²) in [5.74, 6) is 0.538. The molecule has 0 radical (unpaired) electrons. The Morgan fingerprint density at radius 2 is 1.69 bits per heavy atom. The van der Waals surface area contributed by atoms with Gasteiger partial charge in [-0.2, -0.15) is 0 Å². The molecule has 4 aromatic rings. The molecular weight excluding hydrogens is 468 g/mol. The van der Waals surface area contributed by atoms with Gasteiger partial charge in [0.05, 0.1) is 31.1 Å². The fraction of sp³-hybridized carbons (Fsp3) is 0.296. The Bertz CT molecular complexity index is 1570. The standard InChI is InChI=1S/C27H26O9/c1-5-12-8-15-19(17(9-12)33-3)14-10-18(34-4)21-16(29)7-6-13(20(21)25(14)36-27(15)32)26-23(31)22(30)24(35-26)11(2)28/h5-11,22-24,26,28-31H,1H2,2-4H3/t11-,22+,23+,24+,26+/m0/s1. The van der Waals surface area contributed by atoms with Gasteiger partial charge in [-0.25, -0.2) is 4.79 Å². The van der Waals surface area contributed by atoms with Crippen molar-refractivity contribution in [2.75, 3.05) is 14.2 Å². The average molecular weight is 494 g/mol. The van der Waals surface area contributed by atoms with Crippen LogP contribution in [0.15, 0.2) is 46.1 Å². The number of aromatic hydroxyl groups is 1. The second-order valence-electron chi connectivity index (χ2n) is 8.86. The second-order valence-corrected chi connectivity index (χ2v) is 8.86. The Morgan fingerprint density at radius 1 is 1.00 bits per heavy atom. The summed E-state index contributed by atoms with van der Waals surface area (Å²) >= 11 is 0. The number of aliphatic hydroxyl groups excluding tert-OH is 3. The number of phenols is 1. The molecule has 0 saturated carbocycles. The van der Waals surface area contributed by atoms with Gasteiger partial charge in [-0.05, 0) is 42.3 Å². The minimum absolute atomic E-state index is 0.115. The first-order valence-electron chi connectivity index (χ1n) is 11.3. The van der Waals surface area contributed by atoms with Crippen molar-refractivity contribution in [2.45, 2.75) is 37.4 Å². The van der Waals surface area contributed by atoms with Crippen molar-refractivity contribution in [3.8, 4) is 17.2 Å². The predicted molar refractivity (Wildman–Crippen MR) is 134 cm³/mol. The van der Waals surface area contributed by atoms with E-state index in [1.807, 2.05) is 0 Å². The van der Waals surface area contributed by atoms with E-state index in [9.17, 15) is 25.2 Å². The van der Waals surface area contributed by atoms with Gasteiger partial charge in [0.15, 0.2) is 0 Å². The smallest absolute Gasteiger partial charge is 0.344 e. The van der Waals surface area contributed by atoms with E-state index in [0.717, 1.165) is 0 Å². The minimum Gasteiger partial charge on any atom is -0.507 e. The first-order chi connectivity index (χ1) is 17.2. The summed E-state index contributed by atoms with van der Waals surface area (Å²) in [6.45, 7) is 5.21. The summed E-state index contributed by atoms with van der Waals surface area (Å²) in [5.41, 5.74) is 0.475. The van der Waals surface area contributed by atoms with Gasteiger partial charge in [0.1, 0.15) is 47.2 Å². The van der Waals surface area contributed by atoms with E-state index in [1.54, 1.807) is 24.3 Å². The van der Waals surface area contributed by atoms with E-state index in [2.05, 4.69) is 6.58 Å². The zero-order valence-electron chi connectivity index (χ0n) is 19.9. The maximum atomic E-state index is 13.2. The van der Waals surface area contributed by atoms with Crippen molar-refractivity contribution in [1.82, 2.24) is 0 Å². The Kier molecular flexibility index (Phi) is 5.88. The lowest BCUT2D eigenvalue weighted by molar-refractivity contribution is -0.0586. The molecule has 0 spiro atoms. The largest absolute Gasteiger partial charge is 0.507 e. The molecule has 188 valence electrons. The van der Waals surface area contributed by atoms with Crippen LogP contribution in [0.1, 0.15) is 24.2 Å². The number of ether oxygens (including phenoxy) is 3. The Balaban J connectivity index is 1.95. The number of benzene rings is 3. The van der Waals surface area contributed by atoms with Crippen molar-refractivity contribution >= 4 is 38.6 Å².